The van der Waals surface area contributed by atoms with Crippen LogP contribution in [0.4, 0.5) is 4.39 Å². The zero-order chi connectivity index (χ0) is 17.6. The minimum absolute atomic E-state index is 0.0597. The number of hydrogen-bond donors (Lipinski definition) is 3. The lowest BCUT2D eigenvalue weighted by atomic mass is 10.2. The van der Waals surface area contributed by atoms with Crippen LogP contribution in [0, 0.1) is 5.82 Å². The number of carbonyl (C=O) groups is 2. The van der Waals surface area contributed by atoms with Crippen molar-refractivity contribution in [2.45, 2.75) is 19.5 Å². The highest BCUT2D eigenvalue weighted by Gasteiger charge is 2.07. The van der Waals surface area contributed by atoms with Gasteiger partial charge in [0.1, 0.15) is 5.82 Å². The van der Waals surface area contributed by atoms with Crippen LogP contribution in [0.3, 0.4) is 0 Å². The normalized spacial score (nSPS) is 12.0. The van der Waals surface area contributed by atoms with Crippen molar-refractivity contribution in [2.24, 2.45) is 5.73 Å². The molecular weight excluding hydrogens is 327 g/mol. The van der Waals surface area contributed by atoms with Crippen molar-refractivity contribution < 1.29 is 24.2 Å². The number of rotatable bonds is 4. The van der Waals surface area contributed by atoms with Crippen LogP contribution in [0.15, 0.2) is 36.5 Å². The van der Waals surface area contributed by atoms with Gasteiger partial charge in [0.15, 0.2) is 0 Å². The molecule has 23 heavy (non-hydrogen) atoms. The molecule has 1 heterocycles. The summed E-state index contributed by atoms with van der Waals surface area (Å²) in [5, 5.41) is 16.6. The quantitative estimate of drug-likeness (QED) is 0.740. The second-order valence-corrected chi connectivity index (χ2v) is 5.19. The Kier molecular flexibility index (Phi) is 6.74. The standard InChI is InChI=1S/C11H12ClFN2.C4H4O4/c1-7(14)6-15-3-2-8-4-10(13)9(12)5-11(8)15;5-3(6)1-2-4(7)8/h2-5,7H,6,14H2,1H3;1-2H,(H,5,6)(H,7,8)/b;2-1+. The Bertz CT molecular complexity index is 724. The molecule has 8 heteroatoms. The molecule has 1 aromatic heterocycles. The number of nitrogens with zero attached hydrogens (tertiary/aromatic N) is 1. The molecule has 124 valence electrons. The lowest BCUT2D eigenvalue weighted by Gasteiger charge is -2.08. The Labute approximate surface area is 136 Å². The van der Waals surface area contributed by atoms with Gasteiger partial charge in [0, 0.05) is 41.8 Å². The van der Waals surface area contributed by atoms with Gasteiger partial charge >= 0.3 is 11.9 Å². The van der Waals surface area contributed by atoms with Gasteiger partial charge in [-0.15, -0.1) is 0 Å². The molecule has 0 saturated heterocycles. The molecular formula is C15H16ClFN2O4. The Balaban J connectivity index is 0.000000284. The molecule has 6 nitrogen and oxygen atoms in total. The van der Waals surface area contributed by atoms with Crippen LogP contribution >= 0.6 is 11.6 Å². The third kappa shape index (κ3) is 6.09. The van der Waals surface area contributed by atoms with E-state index < -0.39 is 11.9 Å². The van der Waals surface area contributed by atoms with Crippen molar-refractivity contribution in [2.75, 3.05) is 0 Å². The molecule has 2 aromatic rings. The second kappa shape index (κ2) is 8.30. The SMILES string of the molecule is CC(N)Cn1ccc2cc(F)c(Cl)cc21.O=C(O)/C=C/C(=O)O. The van der Waals surface area contributed by atoms with E-state index in [9.17, 15) is 14.0 Å². The van der Waals surface area contributed by atoms with E-state index in [-0.39, 0.29) is 16.9 Å². The van der Waals surface area contributed by atoms with E-state index in [4.69, 9.17) is 27.5 Å². The third-order valence-electron chi connectivity index (χ3n) is 2.67. The van der Waals surface area contributed by atoms with Gasteiger partial charge in [0.05, 0.1) is 5.02 Å². The van der Waals surface area contributed by atoms with Gasteiger partial charge in [0.25, 0.3) is 0 Å². The zero-order valence-electron chi connectivity index (χ0n) is 12.2. The Morgan fingerprint density at radius 2 is 1.91 bits per heavy atom. The summed E-state index contributed by atoms with van der Waals surface area (Å²) in [4.78, 5) is 19.1. The largest absolute Gasteiger partial charge is 0.478 e. The third-order valence-corrected chi connectivity index (χ3v) is 2.96. The number of aliphatic carboxylic acids is 2. The van der Waals surface area contributed by atoms with Gasteiger partial charge in [0.2, 0.25) is 0 Å². The fourth-order valence-corrected chi connectivity index (χ4v) is 1.95. The molecule has 0 radical (unpaired) electrons. The van der Waals surface area contributed by atoms with Crippen LogP contribution in [0.1, 0.15) is 6.92 Å². The van der Waals surface area contributed by atoms with E-state index in [2.05, 4.69) is 0 Å². The fraction of sp³-hybridized carbons (Fsp3) is 0.200. The number of fused-ring (bicyclic) bond motifs is 1. The molecule has 1 aromatic carbocycles. The van der Waals surface area contributed by atoms with Crippen molar-refractivity contribution in [1.29, 1.82) is 0 Å². The van der Waals surface area contributed by atoms with Crippen LogP contribution in [-0.2, 0) is 16.1 Å². The molecule has 0 amide bonds. The summed E-state index contributed by atoms with van der Waals surface area (Å²) in [6.45, 7) is 2.63. The maximum Gasteiger partial charge on any atom is 0.328 e. The molecule has 0 aliphatic rings. The summed E-state index contributed by atoms with van der Waals surface area (Å²) in [6.07, 6.45) is 3.01. The molecule has 1 unspecified atom stereocenters. The minimum atomic E-state index is -1.26. The fourth-order valence-electron chi connectivity index (χ4n) is 1.80. The van der Waals surface area contributed by atoms with E-state index in [1.54, 1.807) is 6.07 Å². The first kappa shape index (κ1) is 18.7. The van der Waals surface area contributed by atoms with E-state index in [0.29, 0.717) is 18.7 Å². The monoisotopic (exact) mass is 342 g/mol. The number of carboxylic acid groups (broad SMARTS) is 2. The number of carboxylic acids is 2. The first-order chi connectivity index (χ1) is 10.7. The molecule has 2 rings (SSSR count). The van der Waals surface area contributed by atoms with Crippen molar-refractivity contribution in [3.05, 3.63) is 47.4 Å². The molecule has 1 atom stereocenters. The van der Waals surface area contributed by atoms with Crippen LogP contribution in [0.25, 0.3) is 10.9 Å². The van der Waals surface area contributed by atoms with Crippen molar-refractivity contribution in [3.8, 4) is 0 Å². The summed E-state index contributed by atoms with van der Waals surface area (Å²) >= 11 is 5.73. The van der Waals surface area contributed by atoms with Gasteiger partial charge < -0.3 is 20.5 Å². The van der Waals surface area contributed by atoms with Gasteiger partial charge in [-0.05, 0) is 25.1 Å². The second-order valence-electron chi connectivity index (χ2n) is 4.78. The summed E-state index contributed by atoms with van der Waals surface area (Å²) < 4.78 is 15.1. The van der Waals surface area contributed by atoms with E-state index >= 15 is 0 Å². The Morgan fingerprint density at radius 1 is 1.35 bits per heavy atom. The number of aromatic nitrogens is 1. The van der Waals surface area contributed by atoms with Gasteiger partial charge in [-0.2, -0.15) is 0 Å². The smallest absolute Gasteiger partial charge is 0.328 e. The molecule has 4 N–H and O–H groups in total. The maximum absolute atomic E-state index is 13.2. The van der Waals surface area contributed by atoms with Crippen molar-refractivity contribution >= 4 is 34.4 Å². The Morgan fingerprint density at radius 3 is 2.39 bits per heavy atom. The zero-order valence-corrected chi connectivity index (χ0v) is 13.0. The van der Waals surface area contributed by atoms with Crippen molar-refractivity contribution in [3.63, 3.8) is 0 Å². The molecule has 0 fully saturated rings. The summed E-state index contributed by atoms with van der Waals surface area (Å²) in [7, 11) is 0. The highest BCUT2D eigenvalue weighted by atomic mass is 35.5. The predicted molar refractivity (Wildman–Crippen MR) is 85.0 cm³/mol. The van der Waals surface area contributed by atoms with Crippen LogP contribution in [-0.4, -0.2) is 32.8 Å². The summed E-state index contributed by atoms with van der Waals surface area (Å²) in [5.41, 5.74) is 6.63. The van der Waals surface area contributed by atoms with E-state index in [1.165, 1.54) is 6.07 Å². The van der Waals surface area contributed by atoms with Gasteiger partial charge in [-0.1, -0.05) is 11.6 Å². The average Bonchev–Trinajstić information content (AvgIpc) is 2.79. The van der Waals surface area contributed by atoms with Crippen LogP contribution in [0.5, 0.6) is 0 Å². The van der Waals surface area contributed by atoms with Crippen LogP contribution < -0.4 is 5.73 Å². The highest BCUT2D eigenvalue weighted by Crippen LogP contribution is 2.23. The highest BCUT2D eigenvalue weighted by molar-refractivity contribution is 6.31. The number of hydrogen-bond acceptors (Lipinski definition) is 3. The maximum atomic E-state index is 13.2. The lowest BCUT2D eigenvalue weighted by Crippen LogP contribution is -2.21. The summed E-state index contributed by atoms with van der Waals surface area (Å²) in [5.74, 6) is -2.90. The molecule has 0 aliphatic carbocycles. The molecule has 0 saturated carbocycles. The van der Waals surface area contributed by atoms with E-state index in [0.717, 1.165) is 10.9 Å². The molecule has 0 spiro atoms. The van der Waals surface area contributed by atoms with Gasteiger partial charge in [-0.3, -0.25) is 0 Å². The molecule has 0 bridgehead atoms. The summed E-state index contributed by atoms with van der Waals surface area (Å²) in [6, 6.07) is 4.99. The first-order valence-electron chi connectivity index (χ1n) is 6.54. The van der Waals surface area contributed by atoms with Crippen LogP contribution in [0.2, 0.25) is 5.02 Å². The minimum Gasteiger partial charge on any atom is -0.478 e. The topological polar surface area (TPSA) is 106 Å². The van der Waals surface area contributed by atoms with E-state index in [1.807, 2.05) is 23.8 Å². The number of benzene rings is 1. The number of nitrogens with two attached hydrogens (primary N) is 1. The molecule has 0 aliphatic heterocycles. The first-order valence-corrected chi connectivity index (χ1v) is 6.92. The lowest BCUT2D eigenvalue weighted by molar-refractivity contribution is -0.134. The Hall–Kier alpha value is -2.38. The number of halogens is 2. The predicted octanol–water partition coefficient (Wildman–Crippen LogP) is 2.49. The van der Waals surface area contributed by atoms with Crippen molar-refractivity contribution in [1.82, 2.24) is 4.57 Å². The van der Waals surface area contributed by atoms with Gasteiger partial charge in [-0.25, -0.2) is 14.0 Å². The average molecular weight is 343 g/mol.